The summed E-state index contributed by atoms with van der Waals surface area (Å²) in [6, 6.07) is 5.70. The van der Waals surface area contributed by atoms with Crippen molar-refractivity contribution in [2.75, 3.05) is 12.3 Å². The first-order valence-corrected chi connectivity index (χ1v) is 6.64. The summed E-state index contributed by atoms with van der Waals surface area (Å²) < 4.78 is 0.830. The van der Waals surface area contributed by atoms with Crippen LogP contribution in [0.15, 0.2) is 22.7 Å². The summed E-state index contributed by atoms with van der Waals surface area (Å²) in [5, 5.41) is 0. The van der Waals surface area contributed by atoms with E-state index in [2.05, 4.69) is 29.8 Å². The van der Waals surface area contributed by atoms with E-state index < -0.39 is 0 Å². The molecule has 1 aromatic carbocycles. The Kier molecular flexibility index (Phi) is 3.43. The van der Waals surface area contributed by atoms with Crippen LogP contribution in [0.2, 0.25) is 0 Å². The predicted molar refractivity (Wildman–Crippen MR) is 72.8 cm³/mol. The SMILES string of the molecule is CC1CC(C)N(C(=O)c2ccc(Br)c(N)c2)C1. The Morgan fingerprint density at radius 3 is 2.71 bits per heavy atom. The van der Waals surface area contributed by atoms with E-state index in [0.717, 1.165) is 17.4 Å². The molecule has 1 aromatic rings. The number of hydrogen-bond acceptors (Lipinski definition) is 2. The molecule has 1 fully saturated rings. The lowest BCUT2D eigenvalue weighted by Crippen LogP contribution is -2.33. The third-order valence-corrected chi connectivity index (χ3v) is 4.01. The van der Waals surface area contributed by atoms with Crippen LogP contribution in [-0.4, -0.2) is 23.4 Å². The second-order valence-corrected chi connectivity index (χ2v) is 5.74. The van der Waals surface area contributed by atoms with E-state index in [-0.39, 0.29) is 5.91 Å². The first-order chi connectivity index (χ1) is 7.99. The fourth-order valence-electron chi connectivity index (χ4n) is 2.43. The molecule has 1 aliphatic heterocycles. The molecular formula is C13H17BrN2O. The highest BCUT2D eigenvalue weighted by atomic mass is 79.9. The van der Waals surface area contributed by atoms with Crippen LogP contribution in [0.25, 0.3) is 0 Å². The van der Waals surface area contributed by atoms with Gasteiger partial charge in [-0.1, -0.05) is 6.92 Å². The van der Waals surface area contributed by atoms with Crippen molar-refractivity contribution in [3.63, 3.8) is 0 Å². The molecule has 3 nitrogen and oxygen atoms in total. The third kappa shape index (κ3) is 2.46. The second-order valence-electron chi connectivity index (χ2n) is 4.88. The summed E-state index contributed by atoms with van der Waals surface area (Å²) in [6.07, 6.45) is 1.08. The maximum Gasteiger partial charge on any atom is 0.254 e. The highest BCUT2D eigenvalue weighted by Crippen LogP contribution is 2.26. The van der Waals surface area contributed by atoms with Crippen molar-refractivity contribution < 1.29 is 4.79 Å². The zero-order chi connectivity index (χ0) is 12.6. The van der Waals surface area contributed by atoms with Gasteiger partial charge in [-0.2, -0.15) is 0 Å². The predicted octanol–water partition coefficient (Wildman–Crippen LogP) is 2.90. The Labute approximate surface area is 110 Å². The van der Waals surface area contributed by atoms with Crippen LogP contribution < -0.4 is 5.73 Å². The van der Waals surface area contributed by atoms with Gasteiger partial charge in [0.05, 0.1) is 0 Å². The minimum Gasteiger partial charge on any atom is -0.398 e. The molecule has 92 valence electrons. The zero-order valence-electron chi connectivity index (χ0n) is 10.1. The lowest BCUT2D eigenvalue weighted by atomic mass is 10.1. The molecule has 1 saturated heterocycles. The van der Waals surface area contributed by atoms with Gasteiger partial charge in [0.1, 0.15) is 0 Å². The van der Waals surface area contributed by atoms with Crippen LogP contribution >= 0.6 is 15.9 Å². The smallest absolute Gasteiger partial charge is 0.254 e. The monoisotopic (exact) mass is 296 g/mol. The first-order valence-electron chi connectivity index (χ1n) is 5.85. The molecule has 1 heterocycles. The number of hydrogen-bond donors (Lipinski definition) is 1. The Morgan fingerprint density at radius 2 is 2.18 bits per heavy atom. The Morgan fingerprint density at radius 1 is 1.47 bits per heavy atom. The molecule has 1 amide bonds. The molecule has 0 bridgehead atoms. The molecule has 0 aliphatic carbocycles. The maximum atomic E-state index is 12.3. The standard InChI is InChI=1S/C13H17BrN2O/c1-8-5-9(2)16(7-8)13(17)10-3-4-11(14)12(15)6-10/h3-4,6,8-9H,5,7,15H2,1-2H3. The topological polar surface area (TPSA) is 46.3 Å². The third-order valence-electron chi connectivity index (χ3n) is 3.29. The quantitative estimate of drug-likeness (QED) is 0.810. The fraction of sp³-hybridized carbons (Fsp3) is 0.462. The minimum atomic E-state index is 0.0843. The van der Waals surface area contributed by atoms with E-state index in [0.29, 0.717) is 23.2 Å². The van der Waals surface area contributed by atoms with Gasteiger partial charge in [0, 0.05) is 28.3 Å². The second kappa shape index (κ2) is 4.69. The Balaban J connectivity index is 2.22. The van der Waals surface area contributed by atoms with Gasteiger partial charge in [-0.15, -0.1) is 0 Å². The number of halogens is 1. The molecule has 0 radical (unpaired) electrons. The van der Waals surface area contributed by atoms with Gasteiger partial charge < -0.3 is 10.6 Å². The molecule has 2 N–H and O–H groups in total. The zero-order valence-corrected chi connectivity index (χ0v) is 11.7. The van der Waals surface area contributed by atoms with Gasteiger partial charge in [0.25, 0.3) is 5.91 Å². The van der Waals surface area contributed by atoms with Crippen LogP contribution in [-0.2, 0) is 0 Å². The summed E-state index contributed by atoms with van der Waals surface area (Å²) >= 11 is 3.33. The Bertz CT molecular complexity index is 447. The van der Waals surface area contributed by atoms with Crippen molar-refractivity contribution in [2.45, 2.75) is 26.3 Å². The first kappa shape index (κ1) is 12.4. The molecule has 0 aromatic heterocycles. The van der Waals surface area contributed by atoms with Gasteiger partial charge in [0.15, 0.2) is 0 Å². The number of carbonyl (C=O) groups is 1. The molecule has 2 atom stereocenters. The van der Waals surface area contributed by atoms with E-state index in [1.807, 2.05) is 17.0 Å². The van der Waals surface area contributed by atoms with Crippen LogP contribution in [0.1, 0.15) is 30.6 Å². The molecule has 1 aliphatic rings. The lowest BCUT2D eigenvalue weighted by Gasteiger charge is -2.21. The number of likely N-dealkylation sites (tertiary alicyclic amines) is 1. The molecule has 0 spiro atoms. The summed E-state index contributed by atoms with van der Waals surface area (Å²) in [4.78, 5) is 14.3. The maximum absolute atomic E-state index is 12.3. The molecule has 0 saturated carbocycles. The molecule has 2 rings (SSSR count). The molecule has 2 unspecified atom stereocenters. The minimum absolute atomic E-state index is 0.0843. The van der Waals surface area contributed by atoms with Gasteiger partial charge in [0.2, 0.25) is 0 Å². The van der Waals surface area contributed by atoms with E-state index in [1.54, 1.807) is 6.07 Å². The number of nitrogens with zero attached hydrogens (tertiary/aromatic N) is 1. The number of nitrogen functional groups attached to an aromatic ring is 1. The molecular weight excluding hydrogens is 280 g/mol. The van der Waals surface area contributed by atoms with E-state index >= 15 is 0 Å². The number of nitrogens with two attached hydrogens (primary N) is 1. The largest absolute Gasteiger partial charge is 0.398 e. The fourth-order valence-corrected chi connectivity index (χ4v) is 2.67. The average Bonchev–Trinajstić information content (AvgIpc) is 2.61. The van der Waals surface area contributed by atoms with Crippen LogP contribution in [0.4, 0.5) is 5.69 Å². The van der Waals surface area contributed by atoms with Crippen LogP contribution in [0.5, 0.6) is 0 Å². The lowest BCUT2D eigenvalue weighted by molar-refractivity contribution is 0.0744. The Hall–Kier alpha value is -1.03. The van der Waals surface area contributed by atoms with Gasteiger partial charge in [-0.05, 0) is 53.4 Å². The van der Waals surface area contributed by atoms with Gasteiger partial charge >= 0.3 is 0 Å². The normalized spacial score (nSPS) is 24.1. The number of amides is 1. The van der Waals surface area contributed by atoms with Crippen molar-refractivity contribution in [1.82, 2.24) is 4.90 Å². The number of benzene rings is 1. The summed E-state index contributed by atoms with van der Waals surface area (Å²) in [7, 11) is 0. The highest BCUT2D eigenvalue weighted by Gasteiger charge is 2.30. The number of anilines is 1. The number of carbonyl (C=O) groups excluding carboxylic acids is 1. The van der Waals surface area contributed by atoms with Crippen molar-refractivity contribution in [2.24, 2.45) is 5.92 Å². The van der Waals surface area contributed by atoms with Crippen molar-refractivity contribution in [3.05, 3.63) is 28.2 Å². The molecule has 17 heavy (non-hydrogen) atoms. The number of rotatable bonds is 1. The summed E-state index contributed by atoms with van der Waals surface area (Å²) in [5.41, 5.74) is 7.08. The summed E-state index contributed by atoms with van der Waals surface area (Å²) in [5.74, 6) is 0.669. The van der Waals surface area contributed by atoms with Crippen LogP contribution in [0, 0.1) is 5.92 Å². The van der Waals surface area contributed by atoms with Crippen molar-refractivity contribution >= 4 is 27.5 Å². The van der Waals surface area contributed by atoms with Crippen molar-refractivity contribution in [1.29, 1.82) is 0 Å². The van der Waals surface area contributed by atoms with E-state index in [4.69, 9.17) is 5.73 Å². The van der Waals surface area contributed by atoms with Crippen molar-refractivity contribution in [3.8, 4) is 0 Å². The summed E-state index contributed by atoms with van der Waals surface area (Å²) in [6.45, 7) is 5.12. The molecule has 4 heteroatoms. The van der Waals surface area contributed by atoms with E-state index in [1.165, 1.54) is 0 Å². The van der Waals surface area contributed by atoms with Gasteiger partial charge in [-0.3, -0.25) is 4.79 Å². The van der Waals surface area contributed by atoms with E-state index in [9.17, 15) is 4.79 Å². The average molecular weight is 297 g/mol. The highest BCUT2D eigenvalue weighted by molar-refractivity contribution is 9.10. The van der Waals surface area contributed by atoms with Crippen LogP contribution in [0.3, 0.4) is 0 Å². The van der Waals surface area contributed by atoms with Gasteiger partial charge in [-0.25, -0.2) is 0 Å².